The zero-order valence-electron chi connectivity index (χ0n) is 5.76. The highest BCUT2D eigenvalue weighted by Crippen LogP contribution is 1.67. The normalized spacial score (nSPS) is 6.89. The van der Waals surface area contributed by atoms with E-state index in [1.165, 1.54) is 0 Å². The number of carboxylic acid groups (broad SMARTS) is 1. The Bertz CT molecular complexity index is 78.4. The van der Waals surface area contributed by atoms with Crippen molar-refractivity contribution in [2.75, 3.05) is 0 Å². The maximum Gasteiger partial charge on any atom is 0.303 e. The average Bonchev–Trinajstić information content (AvgIpc) is 1.89. The maximum absolute atomic E-state index is 9.37. The number of hydrogen-bond donors (Lipinski definition) is 1. The van der Waals surface area contributed by atoms with E-state index in [4.69, 9.17) is 5.11 Å². The molecule has 0 heterocycles. The molecule has 0 aromatic rings. The van der Waals surface area contributed by atoms with Gasteiger partial charge in [-0.1, -0.05) is 13.8 Å². The second-order valence-corrected chi connectivity index (χ2v) is 1.32. The van der Waals surface area contributed by atoms with Gasteiger partial charge in [0.1, 0.15) is 6.29 Å². The van der Waals surface area contributed by atoms with Crippen LogP contribution in [-0.4, -0.2) is 17.4 Å². The first-order valence-corrected chi connectivity index (χ1v) is 2.84. The van der Waals surface area contributed by atoms with Crippen molar-refractivity contribution in [3.05, 3.63) is 0 Å². The number of aldehydes is 1. The van der Waals surface area contributed by atoms with Gasteiger partial charge in [0.15, 0.2) is 0 Å². The summed E-state index contributed by atoms with van der Waals surface area (Å²) < 4.78 is 0. The average molecular weight is 132 g/mol. The minimum Gasteiger partial charge on any atom is -0.481 e. The fourth-order valence-electron chi connectivity index (χ4n) is 0. The molecular weight excluding hydrogens is 120 g/mol. The van der Waals surface area contributed by atoms with Gasteiger partial charge in [-0.3, -0.25) is 4.79 Å². The molecule has 0 atom stereocenters. The van der Waals surface area contributed by atoms with Crippen LogP contribution in [0.2, 0.25) is 0 Å². The maximum atomic E-state index is 9.37. The van der Waals surface area contributed by atoms with Gasteiger partial charge in [-0.05, 0) is 0 Å². The predicted octanol–water partition coefficient (Wildman–Crippen LogP) is 1.08. The van der Waals surface area contributed by atoms with E-state index in [2.05, 4.69) is 0 Å². The molecule has 0 aromatic heterocycles. The van der Waals surface area contributed by atoms with E-state index in [1.807, 2.05) is 6.92 Å². The number of rotatable bonds is 2. The summed E-state index contributed by atoms with van der Waals surface area (Å²) in [4.78, 5) is 18.5. The highest BCUT2D eigenvalue weighted by atomic mass is 16.4. The van der Waals surface area contributed by atoms with Crippen molar-refractivity contribution in [1.29, 1.82) is 0 Å². The molecule has 0 amide bonds. The van der Waals surface area contributed by atoms with Crippen LogP contribution in [-0.2, 0) is 9.59 Å². The standard InChI is InChI=1S/C3H6O2.C3H6O/c1-2-3(4)5;1-2-3-4/h2H2,1H3,(H,4,5);3H,2H2,1H3. The van der Waals surface area contributed by atoms with Gasteiger partial charge in [-0.15, -0.1) is 0 Å². The lowest BCUT2D eigenvalue weighted by Crippen LogP contribution is -1.86. The van der Waals surface area contributed by atoms with Crippen molar-refractivity contribution < 1.29 is 14.7 Å². The van der Waals surface area contributed by atoms with Crippen molar-refractivity contribution in [3.63, 3.8) is 0 Å². The largest absolute Gasteiger partial charge is 0.481 e. The van der Waals surface area contributed by atoms with E-state index < -0.39 is 5.97 Å². The molecule has 0 saturated carbocycles. The number of carbonyl (C=O) groups is 2. The molecule has 0 rings (SSSR count). The molecule has 0 bridgehead atoms. The van der Waals surface area contributed by atoms with Crippen molar-refractivity contribution >= 4 is 12.3 Å². The van der Waals surface area contributed by atoms with Crippen LogP contribution >= 0.6 is 0 Å². The molecule has 0 radical (unpaired) electrons. The van der Waals surface area contributed by atoms with E-state index in [9.17, 15) is 9.59 Å². The molecule has 1 N–H and O–H groups in total. The second-order valence-electron chi connectivity index (χ2n) is 1.32. The van der Waals surface area contributed by atoms with Crippen LogP contribution in [0.5, 0.6) is 0 Å². The molecule has 0 saturated heterocycles. The lowest BCUT2D eigenvalue weighted by Gasteiger charge is -1.71. The Balaban J connectivity index is 0. The Kier molecular flexibility index (Phi) is 12.5. The molecule has 0 aliphatic carbocycles. The van der Waals surface area contributed by atoms with Gasteiger partial charge in [-0.25, -0.2) is 0 Å². The summed E-state index contributed by atoms with van der Waals surface area (Å²) in [6.07, 6.45) is 1.74. The van der Waals surface area contributed by atoms with E-state index >= 15 is 0 Å². The first-order chi connectivity index (χ1) is 4.18. The smallest absolute Gasteiger partial charge is 0.303 e. The Labute approximate surface area is 54.7 Å². The van der Waals surface area contributed by atoms with Gasteiger partial charge in [0.05, 0.1) is 0 Å². The summed E-state index contributed by atoms with van der Waals surface area (Å²) in [5, 5.41) is 7.72. The van der Waals surface area contributed by atoms with Gasteiger partial charge in [0.25, 0.3) is 0 Å². The van der Waals surface area contributed by atoms with Crippen molar-refractivity contribution in [2.45, 2.75) is 26.7 Å². The summed E-state index contributed by atoms with van der Waals surface area (Å²) in [5.41, 5.74) is 0. The van der Waals surface area contributed by atoms with Crippen molar-refractivity contribution in [1.82, 2.24) is 0 Å². The minimum atomic E-state index is -0.745. The highest BCUT2D eigenvalue weighted by Gasteiger charge is 1.80. The first kappa shape index (κ1) is 11.0. The molecule has 0 aliphatic rings. The van der Waals surface area contributed by atoms with E-state index in [0.717, 1.165) is 6.29 Å². The quantitative estimate of drug-likeness (QED) is 0.572. The van der Waals surface area contributed by atoms with Gasteiger partial charge < -0.3 is 9.90 Å². The fraction of sp³-hybridized carbons (Fsp3) is 0.667. The Morgan fingerprint density at radius 1 is 1.56 bits per heavy atom. The molecule has 54 valence electrons. The number of carbonyl (C=O) groups excluding carboxylic acids is 1. The monoisotopic (exact) mass is 132 g/mol. The van der Waals surface area contributed by atoms with Crippen LogP contribution in [0, 0.1) is 0 Å². The van der Waals surface area contributed by atoms with Crippen LogP contribution in [0.1, 0.15) is 26.7 Å². The second kappa shape index (κ2) is 10.2. The number of aliphatic carboxylic acids is 1. The highest BCUT2D eigenvalue weighted by molar-refractivity contribution is 5.66. The van der Waals surface area contributed by atoms with Gasteiger partial charge in [0.2, 0.25) is 0 Å². The zero-order chi connectivity index (χ0) is 7.70. The summed E-state index contributed by atoms with van der Waals surface area (Å²) in [7, 11) is 0. The Morgan fingerprint density at radius 2 is 1.78 bits per heavy atom. The van der Waals surface area contributed by atoms with E-state index in [0.29, 0.717) is 6.42 Å². The summed E-state index contributed by atoms with van der Waals surface area (Å²) >= 11 is 0. The summed E-state index contributed by atoms with van der Waals surface area (Å²) in [5.74, 6) is -0.745. The summed E-state index contributed by atoms with van der Waals surface area (Å²) in [6.45, 7) is 3.41. The zero-order valence-corrected chi connectivity index (χ0v) is 5.76. The Morgan fingerprint density at radius 3 is 1.78 bits per heavy atom. The minimum absolute atomic E-state index is 0.222. The fourth-order valence-corrected chi connectivity index (χ4v) is 0. The molecule has 0 aliphatic heterocycles. The number of hydrogen-bond acceptors (Lipinski definition) is 2. The topological polar surface area (TPSA) is 54.4 Å². The third-order valence-electron chi connectivity index (χ3n) is 0.469. The molecular formula is C6H12O3. The summed E-state index contributed by atoms with van der Waals surface area (Å²) in [6, 6.07) is 0. The van der Waals surface area contributed by atoms with Gasteiger partial charge in [-0.2, -0.15) is 0 Å². The van der Waals surface area contributed by atoms with Gasteiger partial charge >= 0.3 is 5.97 Å². The predicted molar refractivity (Wildman–Crippen MR) is 34.3 cm³/mol. The molecule has 9 heavy (non-hydrogen) atoms. The first-order valence-electron chi connectivity index (χ1n) is 2.84. The van der Waals surface area contributed by atoms with Crippen molar-refractivity contribution in [2.24, 2.45) is 0 Å². The van der Waals surface area contributed by atoms with Crippen LogP contribution in [0.4, 0.5) is 0 Å². The molecule has 0 fully saturated rings. The molecule has 0 aromatic carbocycles. The molecule has 3 heteroatoms. The van der Waals surface area contributed by atoms with Crippen molar-refractivity contribution in [3.8, 4) is 0 Å². The van der Waals surface area contributed by atoms with Crippen LogP contribution in [0.3, 0.4) is 0 Å². The van der Waals surface area contributed by atoms with E-state index in [1.54, 1.807) is 6.92 Å². The Hall–Kier alpha value is -0.860. The van der Waals surface area contributed by atoms with Crippen LogP contribution < -0.4 is 0 Å². The molecule has 0 spiro atoms. The van der Waals surface area contributed by atoms with Crippen LogP contribution in [0.15, 0.2) is 0 Å². The SMILES string of the molecule is CCC(=O)O.CCC=O. The van der Waals surface area contributed by atoms with Gasteiger partial charge in [0, 0.05) is 12.8 Å². The number of carboxylic acids is 1. The van der Waals surface area contributed by atoms with E-state index in [-0.39, 0.29) is 6.42 Å². The third-order valence-corrected chi connectivity index (χ3v) is 0.469. The molecule has 0 unspecified atom stereocenters. The third kappa shape index (κ3) is 41.2. The molecule has 3 nitrogen and oxygen atoms in total. The lowest BCUT2D eigenvalue weighted by molar-refractivity contribution is -0.136. The lowest BCUT2D eigenvalue weighted by atomic mass is 10.5. The van der Waals surface area contributed by atoms with Crippen LogP contribution in [0.25, 0.3) is 0 Å².